The van der Waals surface area contributed by atoms with Crippen LogP contribution in [0.4, 0.5) is 11.4 Å². The van der Waals surface area contributed by atoms with Gasteiger partial charge < -0.3 is 4.90 Å². The molecule has 2 aromatic carbocycles. The molecule has 1 heterocycles. The van der Waals surface area contributed by atoms with Crippen molar-refractivity contribution >= 4 is 33.0 Å². The van der Waals surface area contributed by atoms with E-state index in [4.69, 9.17) is 11.6 Å². The van der Waals surface area contributed by atoms with Crippen molar-refractivity contribution in [3.8, 4) is 6.07 Å². The topological polar surface area (TPSA) is 108 Å². The van der Waals surface area contributed by atoms with Gasteiger partial charge in [0.25, 0.3) is 5.69 Å². The second kappa shape index (κ2) is 7.52. The average Bonchev–Trinajstić information content (AvgIpc) is 2.68. The minimum Gasteiger partial charge on any atom is -0.368 e. The number of rotatable bonds is 4. The molecule has 0 spiro atoms. The number of hydrogen-bond acceptors (Lipinski definition) is 6. The lowest BCUT2D eigenvalue weighted by molar-refractivity contribution is -0.385. The number of halogens is 1. The van der Waals surface area contributed by atoms with Gasteiger partial charge in [0.15, 0.2) is 0 Å². The molecule has 0 aromatic heterocycles. The predicted molar refractivity (Wildman–Crippen MR) is 100 cm³/mol. The lowest BCUT2D eigenvalue weighted by Crippen LogP contribution is -2.48. The Hall–Kier alpha value is -2.67. The molecule has 1 saturated heterocycles. The second-order valence-corrected chi connectivity index (χ2v) is 8.29. The summed E-state index contributed by atoms with van der Waals surface area (Å²) in [6, 6.07) is 12.1. The van der Waals surface area contributed by atoms with Gasteiger partial charge in [0.05, 0.1) is 21.1 Å². The highest BCUT2D eigenvalue weighted by Gasteiger charge is 2.30. The maximum Gasteiger partial charge on any atom is 0.270 e. The summed E-state index contributed by atoms with van der Waals surface area (Å²) >= 11 is 5.92. The fourth-order valence-corrected chi connectivity index (χ4v) is 4.58. The van der Waals surface area contributed by atoms with E-state index in [1.54, 1.807) is 18.2 Å². The van der Waals surface area contributed by atoms with Crippen molar-refractivity contribution in [1.82, 2.24) is 4.31 Å². The first-order chi connectivity index (χ1) is 12.8. The van der Waals surface area contributed by atoms with Gasteiger partial charge in [-0.05, 0) is 24.3 Å². The van der Waals surface area contributed by atoms with E-state index in [9.17, 15) is 23.8 Å². The highest BCUT2D eigenvalue weighted by Crippen LogP contribution is 2.27. The van der Waals surface area contributed by atoms with E-state index in [2.05, 4.69) is 6.07 Å². The van der Waals surface area contributed by atoms with Crippen LogP contribution in [-0.4, -0.2) is 43.8 Å². The first-order valence-corrected chi connectivity index (χ1v) is 9.84. The number of anilines is 1. The average molecular weight is 407 g/mol. The number of nitro groups is 1. The Kier molecular flexibility index (Phi) is 5.32. The van der Waals surface area contributed by atoms with Gasteiger partial charge in [-0.25, -0.2) is 8.42 Å². The van der Waals surface area contributed by atoms with Gasteiger partial charge in [-0.2, -0.15) is 9.57 Å². The Morgan fingerprint density at radius 3 is 2.44 bits per heavy atom. The number of nitrogens with zero attached hydrogens (tertiary/aromatic N) is 4. The van der Waals surface area contributed by atoms with Crippen LogP contribution in [0, 0.1) is 21.4 Å². The minimum atomic E-state index is -3.83. The summed E-state index contributed by atoms with van der Waals surface area (Å²) in [6.45, 7) is 1.20. The van der Waals surface area contributed by atoms with Crippen LogP contribution in [0.15, 0.2) is 47.4 Å². The summed E-state index contributed by atoms with van der Waals surface area (Å²) in [4.78, 5) is 12.1. The summed E-state index contributed by atoms with van der Waals surface area (Å²) in [5, 5.41) is 20.6. The molecule has 1 fully saturated rings. The van der Waals surface area contributed by atoms with Crippen LogP contribution < -0.4 is 4.90 Å². The molecular weight excluding hydrogens is 392 g/mol. The maximum absolute atomic E-state index is 12.8. The highest BCUT2D eigenvalue weighted by molar-refractivity contribution is 7.89. The van der Waals surface area contributed by atoms with E-state index in [1.807, 2.05) is 4.90 Å². The molecule has 0 unspecified atom stereocenters. The van der Waals surface area contributed by atoms with E-state index in [0.29, 0.717) is 29.4 Å². The van der Waals surface area contributed by atoms with E-state index in [1.165, 1.54) is 22.5 Å². The zero-order chi connectivity index (χ0) is 19.6. The largest absolute Gasteiger partial charge is 0.368 e. The quantitative estimate of drug-likeness (QED) is 0.570. The Balaban J connectivity index is 1.78. The predicted octanol–water partition coefficient (Wildman–Crippen LogP) is 2.63. The van der Waals surface area contributed by atoms with Gasteiger partial charge in [-0.3, -0.25) is 10.1 Å². The summed E-state index contributed by atoms with van der Waals surface area (Å²) < 4.78 is 26.9. The minimum absolute atomic E-state index is 0.102. The zero-order valence-electron chi connectivity index (χ0n) is 14.1. The van der Waals surface area contributed by atoms with Gasteiger partial charge in [-0.15, -0.1) is 0 Å². The van der Waals surface area contributed by atoms with Crippen LogP contribution in [0.5, 0.6) is 0 Å². The third-order valence-electron chi connectivity index (χ3n) is 4.32. The van der Waals surface area contributed by atoms with Crippen LogP contribution in [0.3, 0.4) is 0 Å². The standard InChI is InChI=1S/C17H15ClN4O4S/c18-14-4-5-17(13(10-14)12-19)20-6-8-21(9-7-20)27(25,26)16-3-1-2-15(11-16)22(23)24/h1-5,10-11H,6-9H2. The smallest absolute Gasteiger partial charge is 0.270 e. The number of nitro benzene ring substituents is 1. The zero-order valence-corrected chi connectivity index (χ0v) is 15.7. The van der Waals surface area contributed by atoms with Crippen LogP contribution in [-0.2, 0) is 10.0 Å². The first kappa shape index (κ1) is 19.1. The number of non-ortho nitro benzene ring substituents is 1. The molecule has 1 aliphatic rings. The number of piperazine rings is 1. The van der Waals surface area contributed by atoms with Gasteiger partial charge in [0, 0.05) is 43.3 Å². The second-order valence-electron chi connectivity index (χ2n) is 5.92. The molecule has 0 atom stereocenters. The first-order valence-electron chi connectivity index (χ1n) is 8.02. The van der Waals surface area contributed by atoms with Crippen molar-refractivity contribution in [2.24, 2.45) is 0 Å². The fourth-order valence-electron chi connectivity index (χ4n) is 2.95. The molecule has 0 bridgehead atoms. The van der Waals surface area contributed by atoms with E-state index in [0.717, 1.165) is 6.07 Å². The molecule has 0 saturated carbocycles. The summed E-state index contributed by atoms with van der Waals surface area (Å²) in [5.74, 6) is 0. The Bertz CT molecular complexity index is 1030. The molecule has 1 aliphatic heterocycles. The third-order valence-corrected chi connectivity index (χ3v) is 6.45. The molecule has 3 rings (SSSR count). The van der Waals surface area contributed by atoms with Crippen molar-refractivity contribution < 1.29 is 13.3 Å². The van der Waals surface area contributed by atoms with Crippen LogP contribution in [0.25, 0.3) is 0 Å². The third kappa shape index (κ3) is 3.88. The molecule has 0 N–H and O–H groups in total. The van der Waals surface area contributed by atoms with Crippen LogP contribution in [0.2, 0.25) is 5.02 Å². The van der Waals surface area contributed by atoms with Crippen LogP contribution in [0.1, 0.15) is 5.56 Å². The van der Waals surface area contributed by atoms with Gasteiger partial charge in [-0.1, -0.05) is 17.7 Å². The van der Waals surface area contributed by atoms with Gasteiger partial charge in [0.2, 0.25) is 10.0 Å². The van der Waals surface area contributed by atoms with Crippen molar-refractivity contribution in [2.45, 2.75) is 4.90 Å². The molecule has 27 heavy (non-hydrogen) atoms. The number of hydrogen-bond donors (Lipinski definition) is 0. The SMILES string of the molecule is N#Cc1cc(Cl)ccc1N1CCN(S(=O)(=O)c2cccc([N+](=O)[O-])c2)CC1. The number of nitriles is 1. The van der Waals surface area contributed by atoms with E-state index >= 15 is 0 Å². The molecule has 8 nitrogen and oxygen atoms in total. The van der Waals surface area contributed by atoms with Crippen molar-refractivity contribution in [3.63, 3.8) is 0 Å². The van der Waals surface area contributed by atoms with E-state index < -0.39 is 14.9 Å². The molecule has 0 aliphatic carbocycles. The van der Waals surface area contributed by atoms with Crippen LogP contribution >= 0.6 is 11.6 Å². The summed E-state index contributed by atoms with van der Waals surface area (Å²) in [5.41, 5.74) is 0.862. The van der Waals surface area contributed by atoms with Crippen molar-refractivity contribution in [1.29, 1.82) is 5.26 Å². The number of benzene rings is 2. The summed E-state index contributed by atoms with van der Waals surface area (Å²) in [7, 11) is -3.83. The maximum atomic E-state index is 12.8. The molecular formula is C17H15ClN4O4S. The van der Waals surface area contributed by atoms with E-state index in [-0.39, 0.29) is 23.7 Å². The molecule has 2 aromatic rings. The molecule has 0 radical (unpaired) electrons. The highest BCUT2D eigenvalue weighted by atomic mass is 35.5. The Morgan fingerprint density at radius 1 is 1.11 bits per heavy atom. The van der Waals surface area contributed by atoms with Gasteiger partial charge in [0.1, 0.15) is 6.07 Å². The summed E-state index contributed by atoms with van der Waals surface area (Å²) in [6.07, 6.45) is 0. The number of sulfonamides is 1. The normalized spacial score (nSPS) is 15.3. The molecule has 10 heteroatoms. The Labute approximate surface area is 161 Å². The molecule has 140 valence electrons. The Morgan fingerprint density at radius 2 is 1.81 bits per heavy atom. The molecule has 0 amide bonds. The lowest BCUT2D eigenvalue weighted by Gasteiger charge is -2.35. The monoisotopic (exact) mass is 406 g/mol. The van der Waals surface area contributed by atoms with Crippen molar-refractivity contribution in [2.75, 3.05) is 31.1 Å². The lowest BCUT2D eigenvalue weighted by atomic mass is 10.1. The van der Waals surface area contributed by atoms with Crippen molar-refractivity contribution in [3.05, 3.63) is 63.2 Å². The van der Waals surface area contributed by atoms with Gasteiger partial charge >= 0.3 is 0 Å². The fraction of sp³-hybridized carbons (Fsp3) is 0.235.